The Morgan fingerprint density at radius 3 is 2.38 bits per heavy atom. The molecule has 0 saturated carbocycles. The zero-order chi connectivity index (χ0) is 24.5. The molecular weight excluding hydrogens is 426 g/mol. The first kappa shape index (κ1) is 25.3. The lowest BCUT2D eigenvalue weighted by atomic mass is 10.1. The molecule has 0 saturated heterocycles. The molecule has 0 unspecified atom stereocenters. The Balaban J connectivity index is 1.76. The highest BCUT2D eigenvalue weighted by molar-refractivity contribution is 5.87. The van der Waals surface area contributed by atoms with Crippen LogP contribution in [0.4, 0.5) is 5.69 Å². The normalized spacial score (nSPS) is 12.6. The summed E-state index contributed by atoms with van der Waals surface area (Å²) >= 11 is 0. The Kier molecular flexibility index (Phi) is 9.06. The molecule has 0 fully saturated rings. The van der Waals surface area contributed by atoms with Gasteiger partial charge in [-0.15, -0.1) is 0 Å². The highest BCUT2D eigenvalue weighted by Crippen LogP contribution is 2.26. The topological polar surface area (TPSA) is 88.5 Å². The second kappa shape index (κ2) is 12.2. The maximum atomic E-state index is 13.5. The lowest BCUT2D eigenvalue weighted by Gasteiger charge is -2.32. The highest BCUT2D eigenvalue weighted by Gasteiger charge is 2.30. The summed E-state index contributed by atoms with van der Waals surface area (Å²) < 4.78 is 0. The second-order valence-electron chi connectivity index (χ2n) is 8.68. The summed E-state index contributed by atoms with van der Waals surface area (Å²) in [5.74, 6) is -0.161. The van der Waals surface area contributed by atoms with Gasteiger partial charge in [-0.25, -0.2) is 0 Å². The molecule has 180 valence electrons. The van der Waals surface area contributed by atoms with Gasteiger partial charge in [0.25, 0.3) is 0 Å². The first-order chi connectivity index (χ1) is 16.5. The summed E-state index contributed by atoms with van der Waals surface area (Å²) in [7, 11) is 0. The van der Waals surface area contributed by atoms with Crippen LogP contribution in [0.2, 0.25) is 0 Å². The minimum Gasteiger partial charge on any atom is -0.353 e. The smallest absolute Gasteiger partial charge is 0.242 e. The van der Waals surface area contributed by atoms with Gasteiger partial charge in [-0.3, -0.25) is 9.59 Å². The highest BCUT2D eigenvalue weighted by atomic mass is 16.2. The number of amides is 2. The molecule has 7 nitrogen and oxygen atoms in total. The Bertz CT molecular complexity index is 1020. The van der Waals surface area contributed by atoms with Crippen molar-refractivity contribution in [2.45, 2.75) is 39.7 Å². The number of hydrogen-bond donors (Lipinski definition) is 2. The number of benzene rings is 2. The largest absolute Gasteiger partial charge is 0.353 e. The first-order valence-electron chi connectivity index (χ1n) is 12.1. The maximum Gasteiger partial charge on any atom is 0.242 e. The zero-order valence-corrected chi connectivity index (χ0v) is 20.4. The van der Waals surface area contributed by atoms with Crippen molar-refractivity contribution in [3.8, 4) is 6.07 Å². The fourth-order valence-electron chi connectivity index (χ4n) is 4.59. The third-order valence-electron chi connectivity index (χ3n) is 6.34. The van der Waals surface area contributed by atoms with E-state index in [0.29, 0.717) is 25.2 Å². The quantitative estimate of drug-likeness (QED) is 0.502. The first-order valence-corrected chi connectivity index (χ1v) is 12.1. The van der Waals surface area contributed by atoms with Crippen molar-refractivity contribution in [1.82, 2.24) is 15.5 Å². The number of carbonyl (C=O) groups is 2. The molecule has 0 radical (unpaired) electrons. The Hall–Kier alpha value is -3.37. The van der Waals surface area contributed by atoms with Crippen LogP contribution >= 0.6 is 0 Å². The van der Waals surface area contributed by atoms with Gasteiger partial charge in [-0.1, -0.05) is 37.3 Å². The van der Waals surface area contributed by atoms with Gasteiger partial charge in [0.2, 0.25) is 11.8 Å². The molecule has 0 aromatic heterocycles. The van der Waals surface area contributed by atoms with Crippen LogP contribution in [-0.4, -0.2) is 62.0 Å². The fraction of sp³-hybridized carbons (Fsp3) is 0.444. The average molecular weight is 462 g/mol. The summed E-state index contributed by atoms with van der Waals surface area (Å²) in [5, 5.41) is 15.5. The Morgan fingerprint density at radius 1 is 1.06 bits per heavy atom. The van der Waals surface area contributed by atoms with E-state index in [9.17, 15) is 14.9 Å². The van der Waals surface area contributed by atoms with E-state index >= 15 is 0 Å². The number of aryl methyl sites for hydroxylation is 1. The van der Waals surface area contributed by atoms with Gasteiger partial charge in [-0.2, -0.15) is 5.26 Å². The second-order valence-corrected chi connectivity index (χ2v) is 8.68. The van der Waals surface area contributed by atoms with E-state index in [1.165, 1.54) is 11.1 Å². The van der Waals surface area contributed by atoms with E-state index in [4.69, 9.17) is 0 Å². The molecule has 0 bridgehead atoms. The lowest BCUT2D eigenvalue weighted by Crippen LogP contribution is -2.48. The minimum atomic E-state index is -0.149. The molecule has 34 heavy (non-hydrogen) atoms. The number of fused-ring (bicyclic) bond motifs is 1. The molecule has 2 amide bonds. The van der Waals surface area contributed by atoms with Crippen molar-refractivity contribution in [1.29, 1.82) is 5.26 Å². The lowest BCUT2D eigenvalue weighted by molar-refractivity contribution is -0.131. The van der Waals surface area contributed by atoms with Gasteiger partial charge in [0.05, 0.1) is 24.7 Å². The van der Waals surface area contributed by atoms with Crippen molar-refractivity contribution in [2.24, 2.45) is 0 Å². The number of hydrogen-bond acceptors (Lipinski definition) is 5. The van der Waals surface area contributed by atoms with E-state index in [-0.39, 0.29) is 30.9 Å². The molecule has 3 rings (SSSR count). The number of anilines is 1. The third kappa shape index (κ3) is 6.36. The summed E-state index contributed by atoms with van der Waals surface area (Å²) in [5.41, 5.74) is 4.76. The van der Waals surface area contributed by atoms with Crippen LogP contribution in [0, 0.1) is 18.3 Å². The number of nitrogens with zero attached hydrogens (tertiary/aromatic N) is 3. The predicted octanol–water partition coefficient (Wildman–Crippen LogP) is 2.41. The monoisotopic (exact) mass is 461 g/mol. The van der Waals surface area contributed by atoms with E-state index in [1.54, 1.807) is 17.0 Å². The summed E-state index contributed by atoms with van der Waals surface area (Å²) in [6.07, 6.45) is 1.70. The van der Waals surface area contributed by atoms with Crippen molar-refractivity contribution >= 4 is 17.5 Å². The fourth-order valence-corrected chi connectivity index (χ4v) is 4.59. The molecule has 0 spiro atoms. The van der Waals surface area contributed by atoms with Crippen LogP contribution in [0.5, 0.6) is 0 Å². The molecule has 0 aliphatic heterocycles. The maximum absolute atomic E-state index is 13.5. The van der Waals surface area contributed by atoms with Crippen LogP contribution in [0.15, 0.2) is 42.5 Å². The molecule has 2 aromatic rings. The van der Waals surface area contributed by atoms with Crippen molar-refractivity contribution < 1.29 is 9.59 Å². The molecule has 0 heterocycles. The Labute approximate surface area is 202 Å². The Morgan fingerprint density at radius 2 is 1.76 bits per heavy atom. The summed E-state index contributed by atoms with van der Waals surface area (Å²) in [6.45, 7) is 8.74. The van der Waals surface area contributed by atoms with Crippen molar-refractivity contribution in [2.75, 3.05) is 44.2 Å². The summed E-state index contributed by atoms with van der Waals surface area (Å²) in [4.78, 5) is 30.0. The predicted molar refractivity (Wildman–Crippen MR) is 135 cm³/mol. The van der Waals surface area contributed by atoms with Crippen LogP contribution in [-0.2, 0) is 22.4 Å². The van der Waals surface area contributed by atoms with Crippen LogP contribution < -0.4 is 15.5 Å². The molecule has 2 N–H and O–H groups in total. The zero-order valence-electron chi connectivity index (χ0n) is 20.4. The minimum absolute atomic E-state index is 0.0116. The van der Waals surface area contributed by atoms with Crippen molar-refractivity contribution in [3.63, 3.8) is 0 Å². The van der Waals surface area contributed by atoms with E-state index in [2.05, 4.69) is 28.8 Å². The third-order valence-corrected chi connectivity index (χ3v) is 6.34. The number of nitrogens with one attached hydrogen (secondary N) is 2. The van der Waals surface area contributed by atoms with E-state index in [0.717, 1.165) is 30.6 Å². The van der Waals surface area contributed by atoms with Crippen LogP contribution in [0.3, 0.4) is 0 Å². The number of carbonyl (C=O) groups excluding carboxylic acids is 2. The molecule has 1 aliphatic carbocycles. The van der Waals surface area contributed by atoms with Crippen molar-refractivity contribution in [3.05, 3.63) is 64.7 Å². The molecule has 2 aromatic carbocycles. The van der Waals surface area contributed by atoms with E-state index in [1.807, 2.05) is 43.9 Å². The number of rotatable bonds is 11. The van der Waals surface area contributed by atoms with E-state index < -0.39 is 0 Å². The van der Waals surface area contributed by atoms with Crippen LogP contribution in [0.1, 0.15) is 36.1 Å². The molecule has 0 atom stereocenters. The summed E-state index contributed by atoms with van der Waals surface area (Å²) in [6, 6.07) is 16.0. The van der Waals surface area contributed by atoms with Gasteiger partial charge in [0, 0.05) is 31.4 Å². The van der Waals surface area contributed by atoms with Gasteiger partial charge >= 0.3 is 0 Å². The molecule has 7 heteroatoms. The van der Waals surface area contributed by atoms with Gasteiger partial charge < -0.3 is 20.4 Å². The van der Waals surface area contributed by atoms with Gasteiger partial charge in [0.1, 0.15) is 0 Å². The number of nitriles is 1. The SMILES string of the molecule is CCNCCNC(=O)CN(CC(=O)N(CC)C1Cc2ccccc2C1)c1cc(C#N)ccc1C. The standard InChI is InChI=1S/C27H35N5O2/c1-4-29-12-13-30-26(33)18-31(25-14-21(17-28)11-10-20(25)3)19-27(34)32(5-2)24-15-22-8-6-7-9-23(22)16-24/h6-11,14,24,29H,4-5,12-13,15-16,18-19H2,1-3H3,(H,30,33). The molecule has 1 aliphatic rings. The van der Waals surface area contributed by atoms with Crippen LogP contribution in [0.25, 0.3) is 0 Å². The van der Waals surface area contributed by atoms with Gasteiger partial charge in [-0.05, 0) is 62.1 Å². The average Bonchev–Trinajstić information content (AvgIpc) is 3.26. The molecular formula is C27H35N5O2. The van der Waals surface area contributed by atoms with Gasteiger partial charge in [0.15, 0.2) is 0 Å². The number of likely N-dealkylation sites (N-methyl/N-ethyl adjacent to an activating group) is 2.